The van der Waals surface area contributed by atoms with Crippen molar-refractivity contribution >= 4 is 12.1 Å². The van der Waals surface area contributed by atoms with Crippen LogP contribution in [0, 0.1) is 0 Å². The third-order valence-corrected chi connectivity index (χ3v) is 5.49. The zero-order valence-electron chi connectivity index (χ0n) is 18.7. The van der Waals surface area contributed by atoms with Gasteiger partial charge in [0, 0.05) is 12.1 Å². The SMILES string of the molecule is COc1ccc(OCC(=O)O)c(C2c3ccccc3CCN2OC(=O)OCc2ccccc2)c1. The van der Waals surface area contributed by atoms with Gasteiger partial charge in [-0.25, -0.2) is 9.59 Å². The van der Waals surface area contributed by atoms with Crippen molar-refractivity contribution < 1.29 is 33.7 Å². The van der Waals surface area contributed by atoms with Gasteiger partial charge in [-0.15, -0.1) is 5.06 Å². The first-order valence-corrected chi connectivity index (χ1v) is 10.8. The van der Waals surface area contributed by atoms with E-state index < -0.39 is 24.8 Å². The van der Waals surface area contributed by atoms with E-state index >= 15 is 0 Å². The average molecular weight is 463 g/mol. The molecule has 3 aromatic rings. The van der Waals surface area contributed by atoms with Crippen LogP contribution >= 0.6 is 0 Å². The molecule has 1 aliphatic rings. The van der Waals surface area contributed by atoms with E-state index in [9.17, 15) is 9.59 Å². The molecule has 1 atom stereocenters. The molecule has 1 N–H and O–H groups in total. The fourth-order valence-electron chi connectivity index (χ4n) is 3.94. The maximum absolute atomic E-state index is 12.6. The van der Waals surface area contributed by atoms with E-state index in [1.807, 2.05) is 54.6 Å². The smallest absolute Gasteiger partial charge is 0.497 e. The van der Waals surface area contributed by atoms with Crippen LogP contribution in [0.4, 0.5) is 4.79 Å². The van der Waals surface area contributed by atoms with Gasteiger partial charge in [-0.1, -0.05) is 54.6 Å². The molecular formula is C26H25NO7. The van der Waals surface area contributed by atoms with Gasteiger partial charge in [-0.3, -0.25) is 0 Å². The van der Waals surface area contributed by atoms with Crippen LogP contribution in [0.3, 0.4) is 0 Å². The van der Waals surface area contributed by atoms with E-state index in [2.05, 4.69) is 0 Å². The van der Waals surface area contributed by atoms with Gasteiger partial charge in [-0.05, 0) is 41.3 Å². The van der Waals surface area contributed by atoms with Gasteiger partial charge in [0.05, 0.1) is 7.11 Å². The Morgan fingerprint density at radius 2 is 1.76 bits per heavy atom. The van der Waals surface area contributed by atoms with E-state index in [4.69, 9.17) is 24.2 Å². The maximum Gasteiger partial charge on any atom is 0.528 e. The number of carbonyl (C=O) groups excluding carboxylic acids is 1. The topological polar surface area (TPSA) is 94.5 Å². The van der Waals surface area contributed by atoms with Gasteiger partial charge < -0.3 is 24.2 Å². The Labute approximate surface area is 197 Å². The normalized spacial score (nSPS) is 15.1. The summed E-state index contributed by atoms with van der Waals surface area (Å²) < 4.78 is 16.3. The lowest BCUT2D eigenvalue weighted by Gasteiger charge is -2.36. The highest BCUT2D eigenvalue weighted by molar-refractivity contribution is 5.68. The van der Waals surface area contributed by atoms with Crippen molar-refractivity contribution in [1.82, 2.24) is 5.06 Å². The van der Waals surface area contributed by atoms with E-state index in [1.54, 1.807) is 25.3 Å². The van der Waals surface area contributed by atoms with Gasteiger partial charge in [0.1, 0.15) is 24.1 Å². The summed E-state index contributed by atoms with van der Waals surface area (Å²) in [4.78, 5) is 29.4. The zero-order chi connectivity index (χ0) is 23.9. The minimum Gasteiger partial charge on any atom is -0.497 e. The Bertz CT molecular complexity index is 1150. The molecular weight excluding hydrogens is 438 g/mol. The van der Waals surface area contributed by atoms with Crippen molar-refractivity contribution in [2.75, 3.05) is 20.3 Å². The molecule has 176 valence electrons. The number of nitrogens with zero attached hydrogens (tertiary/aromatic N) is 1. The van der Waals surface area contributed by atoms with Crippen LogP contribution in [0.15, 0.2) is 72.8 Å². The van der Waals surface area contributed by atoms with E-state index in [0.717, 1.165) is 16.7 Å². The molecule has 0 amide bonds. The lowest BCUT2D eigenvalue weighted by atomic mass is 9.89. The molecule has 0 fully saturated rings. The molecule has 0 radical (unpaired) electrons. The Kier molecular flexibility index (Phi) is 7.29. The second kappa shape index (κ2) is 10.7. The lowest BCUT2D eigenvalue weighted by Crippen LogP contribution is -2.38. The number of carbonyl (C=O) groups is 2. The number of methoxy groups -OCH3 is 1. The van der Waals surface area contributed by atoms with Crippen molar-refractivity contribution in [1.29, 1.82) is 0 Å². The van der Waals surface area contributed by atoms with Crippen LogP contribution in [0.2, 0.25) is 0 Å². The predicted octanol–water partition coefficient (Wildman–Crippen LogP) is 4.37. The van der Waals surface area contributed by atoms with Crippen LogP contribution in [0.5, 0.6) is 11.5 Å². The number of fused-ring (bicyclic) bond motifs is 1. The van der Waals surface area contributed by atoms with E-state index in [0.29, 0.717) is 30.0 Å². The summed E-state index contributed by atoms with van der Waals surface area (Å²) in [7, 11) is 1.54. The summed E-state index contributed by atoms with van der Waals surface area (Å²) in [5.74, 6) is -0.174. The van der Waals surface area contributed by atoms with Gasteiger partial charge in [-0.2, -0.15) is 0 Å². The summed E-state index contributed by atoms with van der Waals surface area (Å²) in [6.45, 7) is -0.00767. The first-order chi connectivity index (χ1) is 16.5. The average Bonchev–Trinajstić information content (AvgIpc) is 2.86. The van der Waals surface area contributed by atoms with Gasteiger partial charge in [0.2, 0.25) is 0 Å². The summed E-state index contributed by atoms with van der Waals surface area (Å²) in [6.07, 6.45) is -0.169. The van der Waals surface area contributed by atoms with Crippen LogP contribution in [0.1, 0.15) is 28.3 Å². The molecule has 8 nitrogen and oxygen atoms in total. The number of carboxylic acids is 1. The van der Waals surface area contributed by atoms with Crippen LogP contribution in [-0.2, 0) is 27.4 Å². The number of aliphatic carboxylic acids is 1. The standard InChI is InChI=1S/C26H25NO7/c1-31-20-11-12-23(32-17-24(28)29)22(15-20)25-21-10-6-5-9-19(21)13-14-27(25)34-26(30)33-16-18-7-3-2-4-8-18/h2-12,15,25H,13-14,16-17H2,1H3,(H,28,29). The number of hydroxylamine groups is 2. The second-order valence-corrected chi connectivity index (χ2v) is 7.69. The molecule has 3 aromatic carbocycles. The highest BCUT2D eigenvalue weighted by atomic mass is 16.8. The van der Waals surface area contributed by atoms with Crippen molar-refractivity contribution in [3.05, 3.63) is 95.1 Å². The lowest BCUT2D eigenvalue weighted by molar-refractivity contribution is -0.152. The molecule has 0 saturated carbocycles. The van der Waals surface area contributed by atoms with Crippen LogP contribution < -0.4 is 9.47 Å². The molecule has 8 heteroatoms. The summed E-state index contributed by atoms with van der Waals surface area (Å²) in [6, 6.07) is 21.7. The largest absolute Gasteiger partial charge is 0.528 e. The summed E-state index contributed by atoms with van der Waals surface area (Å²) in [5, 5.41) is 10.7. The van der Waals surface area contributed by atoms with Crippen LogP contribution in [-0.4, -0.2) is 42.6 Å². The highest BCUT2D eigenvalue weighted by Crippen LogP contribution is 2.41. The molecule has 4 rings (SSSR count). The van der Waals surface area contributed by atoms with Gasteiger partial charge >= 0.3 is 12.1 Å². The van der Waals surface area contributed by atoms with Crippen molar-refractivity contribution in [2.24, 2.45) is 0 Å². The number of hydrogen-bond acceptors (Lipinski definition) is 7. The minimum atomic E-state index is -1.09. The number of ether oxygens (including phenoxy) is 3. The Morgan fingerprint density at radius 3 is 2.53 bits per heavy atom. The third kappa shape index (κ3) is 5.47. The Morgan fingerprint density at radius 1 is 1.00 bits per heavy atom. The molecule has 1 aliphatic heterocycles. The van der Waals surface area contributed by atoms with E-state index in [1.165, 1.54) is 5.06 Å². The summed E-state index contributed by atoms with van der Waals surface area (Å²) >= 11 is 0. The van der Waals surface area contributed by atoms with Crippen molar-refractivity contribution in [2.45, 2.75) is 19.1 Å². The highest BCUT2D eigenvalue weighted by Gasteiger charge is 2.34. The number of hydrogen-bond donors (Lipinski definition) is 1. The number of rotatable bonds is 8. The Hall–Kier alpha value is -4.04. The summed E-state index contributed by atoms with van der Waals surface area (Å²) in [5.41, 5.74) is 3.47. The quantitative estimate of drug-likeness (QED) is 0.492. The first kappa shape index (κ1) is 23.1. The molecule has 34 heavy (non-hydrogen) atoms. The van der Waals surface area contributed by atoms with Crippen molar-refractivity contribution in [3.8, 4) is 11.5 Å². The molecule has 1 heterocycles. The van der Waals surface area contributed by atoms with Gasteiger partial charge in [0.25, 0.3) is 0 Å². The monoisotopic (exact) mass is 463 g/mol. The number of benzene rings is 3. The molecule has 0 spiro atoms. The molecule has 1 unspecified atom stereocenters. The van der Waals surface area contributed by atoms with Crippen LogP contribution in [0.25, 0.3) is 0 Å². The zero-order valence-corrected chi connectivity index (χ0v) is 18.7. The molecule has 0 saturated heterocycles. The molecule has 0 aromatic heterocycles. The predicted molar refractivity (Wildman–Crippen MR) is 123 cm³/mol. The molecule has 0 aliphatic carbocycles. The second-order valence-electron chi connectivity index (χ2n) is 7.69. The first-order valence-electron chi connectivity index (χ1n) is 10.8. The fourth-order valence-corrected chi connectivity index (χ4v) is 3.94. The maximum atomic E-state index is 12.6. The third-order valence-electron chi connectivity index (χ3n) is 5.49. The Balaban J connectivity index is 1.64. The minimum absolute atomic E-state index is 0.0842. The number of carboxylic acid groups (broad SMARTS) is 1. The molecule has 0 bridgehead atoms. The van der Waals surface area contributed by atoms with E-state index in [-0.39, 0.29) is 6.61 Å². The van der Waals surface area contributed by atoms with Gasteiger partial charge in [0.15, 0.2) is 6.61 Å². The fraction of sp³-hybridized carbons (Fsp3) is 0.231. The van der Waals surface area contributed by atoms with Crippen molar-refractivity contribution in [3.63, 3.8) is 0 Å².